The predicted molar refractivity (Wildman–Crippen MR) is 155 cm³/mol. The molecule has 0 saturated carbocycles. The third-order valence-corrected chi connectivity index (χ3v) is 7.87. The van der Waals surface area contributed by atoms with Crippen molar-refractivity contribution in [2.45, 2.75) is 32.1 Å². The summed E-state index contributed by atoms with van der Waals surface area (Å²) in [6, 6.07) is 13.7. The molecule has 0 bridgehead atoms. The van der Waals surface area contributed by atoms with Gasteiger partial charge in [-0.3, -0.25) is 19.4 Å². The fraction of sp³-hybridized carbons (Fsp3) is 0.188. The zero-order valence-electron chi connectivity index (χ0n) is 22.3. The van der Waals surface area contributed by atoms with Gasteiger partial charge in [0.1, 0.15) is 17.5 Å². The summed E-state index contributed by atoms with van der Waals surface area (Å²) in [4.78, 5) is 44.2. The van der Waals surface area contributed by atoms with Crippen LogP contribution in [0.3, 0.4) is 0 Å². The summed E-state index contributed by atoms with van der Waals surface area (Å²) in [5, 5.41) is 0.547. The Labute approximate surface area is 249 Å². The lowest BCUT2D eigenvalue weighted by Gasteiger charge is -2.22. The molecule has 1 amide bonds. The van der Waals surface area contributed by atoms with Crippen LogP contribution in [0.5, 0.6) is 0 Å². The monoisotopic (exact) mass is 610 g/mol. The van der Waals surface area contributed by atoms with Crippen LogP contribution in [0.2, 0.25) is 10.0 Å². The maximum absolute atomic E-state index is 14.3. The topological polar surface area (TPSA) is 67.3 Å². The Balaban J connectivity index is 1.51. The lowest BCUT2D eigenvalue weighted by atomic mass is 9.86. The molecule has 0 saturated heterocycles. The highest BCUT2D eigenvalue weighted by Crippen LogP contribution is 2.37. The molecule has 1 aliphatic rings. The lowest BCUT2D eigenvalue weighted by Crippen LogP contribution is -2.33. The van der Waals surface area contributed by atoms with Gasteiger partial charge in [-0.25, -0.2) is 13.2 Å². The number of amides is 1. The van der Waals surface area contributed by atoms with Crippen molar-refractivity contribution in [1.29, 1.82) is 0 Å². The van der Waals surface area contributed by atoms with E-state index in [2.05, 4.69) is 4.98 Å². The highest BCUT2D eigenvalue weighted by atomic mass is 35.5. The number of pyridine rings is 1. The molecule has 0 N–H and O–H groups in total. The molecule has 1 atom stereocenters. The van der Waals surface area contributed by atoms with Gasteiger partial charge in [0.25, 0.3) is 0 Å². The zero-order valence-corrected chi connectivity index (χ0v) is 23.8. The fourth-order valence-electron chi connectivity index (χ4n) is 5.28. The molecule has 0 radical (unpaired) electrons. The van der Waals surface area contributed by atoms with Gasteiger partial charge in [0, 0.05) is 35.9 Å². The molecule has 2 heterocycles. The number of halogens is 5. The van der Waals surface area contributed by atoms with E-state index in [9.17, 15) is 27.6 Å². The summed E-state index contributed by atoms with van der Waals surface area (Å²) in [6.07, 6.45) is 1.49. The molecular weight excluding hydrogens is 588 g/mol. The number of rotatable bonds is 9. The van der Waals surface area contributed by atoms with E-state index in [0.717, 1.165) is 6.07 Å². The first-order valence-corrected chi connectivity index (χ1v) is 13.8. The van der Waals surface area contributed by atoms with Crippen LogP contribution < -0.4 is 4.90 Å². The van der Waals surface area contributed by atoms with Crippen LogP contribution in [0.15, 0.2) is 66.9 Å². The molecule has 3 aromatic carbocycles. The predicted octanol–water partition coefficient (Wildman–Crippen LogP) is 7.55. The number of carbonyl (C=O) groups is 3. The standard InChI is InChI=1S/C32H23Cl2F3N2O3/c1-17(40)26-11-19(4-5-29(26)37)25-3-2-6-38-32(25)21(7-18-8-22(35)14-23(36)9-18)10-24(41)16-39-30-15-28(34)27(33)12-20(30)13-31(39)42/h2-6,8-9,11-12,14-15,21H,7,10,13,16H2,1H3/t21-/m1/s1. The Morgan fingerprint density at radius 2 is 1.69 bits per heavy atom. The normalized spacial score (nSPS) is 13.3. The Morgan fingerprint density at radius 1 is 0.976 bits per heavy atom. The second kappa shape index (κ2) is 12.1. The van der Waals surface area contributed by atoms with Crippen molar-refractivity contribution in [2.24, 2.45) is 0 Å². The molecule has 214 valence electrons. The third-order valence-electron chi connectivity index (χ3n) is 7.15. The van der Waals surface area contributed by atoms with Crippen molar-refractivity contribution in [2.75, 3.05) is 11.4 Å². The minimum absolute atomic E-state index is 0.0389. The van der Waals surface area contributed by atoms with Crippen LogP contribution in [-0.4, -0.2) is 29.0 Å². The second-order valence-corrected chi connectivity index (χ2v) is 11.0. The summed E-state index contributed by atoms with van der Waals surface area (Å²) in [5.41, 5.74) is 2.77. The highest BCUT2D eigenvalue weighted by Gasteiger charge is 2.31. The SMILES string of the molecule is CC(=O)c1cc(-c2cccnc2[C@@H](CC(=O)CN2C(=O)Cc3cc(Cl)c(Cl)cc32)Cc2cc(F)cc(F)c2)ccc1F. The smallest absolute Gasteiger partial charge is 0.231 e. The number of benzene rings is 3. The molecule has 1 aliphatic heterocycles. The van der Waals surface area contributed by atoms with Crippen molar-refractivity contribution < 1.29 is 27.6 Å². The summed E-state index contributed by atoms with van der Waals surface area (Å²) < 4.78 is 42.5. The lowest BCUT2D eigenvalue weighted by molar-refractivity contribution is -0.122. The Hall–Kier alpha value is -4.01. The number of Topliss-reactive ketones (excluding diaryl/α,β-unsaturated/α-hetero) is 2. The number of carbonyl (C=O) groups excluding carboxylic acids is 3. The van der Waals surface area contributed by atoms with Crippen LogP contribution in [0, 0.1) is 17.5 Å². The van der Waals surface area contributed by atoms with E-state index >= 15 is 0 Å². The van der Waals surface area contributed by atoms with Crippen molar-refractivity contribution in [3.63, 3.8) is 0 Å². The van der Waals surface area contributed by atoms with E-state index in [1.54, 1.807) is 24.3 Å². The molecule has 0 aliphatic carbocycles. The van der Waals surface area contributed by atoms with Crippen LogP contribution >= 0.6 is 23.2 Å². The van der Waals surface area contributed by atoms with E-state index in [1.807, 2.05) is 0 Å². The molecular formula is C32H23Cl2F3N2O3. The van der Waals surface area contributed by atoms with Crippen LogP contribution in [0.1, 0.15) is 46.4 Å². The first kappa shape index (κ1) is 29.5. The third kappa shape index (κ3) is 6.25. The molecule has 0 spiro atoms. The highest BCUT2D eigenvalue weighted by molar-refractivity contribution is 6.42. The average molecular weight is 611 g/mol. The molecule has 1 aromatic heterocycles. The number of hydrogen-bond donors (Lipinski definition) is 0. The maximum atomic E-state index is 14.3. The summed E-state index contributed by atoms with van der Waals surface area (Å²) in [5.74, 6) is -3.97. The van der Waals surface area contributed by atoms with Gasteiger partial charge in [-0.1, -0.05) is 35.3 Å². The van der Waals surface area contributed by atoms with Gasteiger partial charge >= 0.3 is 0 Å². The van der Waals surface area contributed by atoms with Crippen LogP contribution in [-0.2, 0) is 22.4 Å². The number of hydrogen-bond acceptors (Lipinski definition) is 4. The average Bonchev–Trinajstić information content (AvgIpc) is 3.21. The molecule has 10 heteroatoms. The molecule has 42 heavy (non-hydrogen) atoms. The molecule has 4 aromatic rings. The van der Waals surface area contributed by atoms with Gasteiger partial charge in [0.05, 0.1) is 34.3 Å². The van der Waals surface area contributed by atoms with E-state index in [4.69, 9.17) is 23.2 Å². The number of nitrogens with zero attached hydrogens (tertiary/aromatic N) is 2. The Bertz CT molecular complexity index is 1720. The number of ketones is 2. The molecule has 0 unspecified atom stereocenters. The van der Waals surface area contributed by atoms with E-state index in [1.165, 1.54) is 48.4 Å². The van der Waals surface area contributed by atoms with Gasteiger partial charge in [-0.2, -0.15) is 0 Å². The van der Waals surface area contributed by atoms with Gasteiger partial charge in [-0.15, -0.1) is 0 Å². The van der Waals surface area contributed by atoms with Gasteiger partial charge in [0.2, 0.25) is 5.91 Å². The van der Waals surface area contributed by atoms with E-state index in [0.29, 0.717) is 38.7 Å². The van der Waals surface area contributed by atoms with Crippen molar-refractivity contribution in [1.82, 2.24) is 4.98 Å². The minimum Gasteiger partial charge on any atom is -0.304 e. The maximum Gasteiger partial charge on any atom is 0.231 e. The van der Waals surface area contributed by atoms with Gasteiger partial charge < -0.3 is 4.90 Å². The van der Waals surface area contributed by atoms with Crippen molar-refractivity contribution in [3.05, 3.63) is 117 Å². The quantitative estimate of drug-likeness (QED) is 0.183. The summed E-state index contributed by atoms with van der Waals surface area (Å²) in [6.45, 7) is 0.996. The molecule has 5 rings (SSSR count). The van der Waals surface area contributed by atoms with Gasteiger partial charge in [0.15, 0.2) is 11.6 Å². The largest absolute Gasteiger partial charge is 0.304 e. The van der Waals surface area contributed by atoms with Crippen LogP contribution in [0.4, 0.5) is 18.9 Å². The van der Waals surface area contributed by atoms with Crippen LogP contribution in [0.25, 0.3) is 11.1 Å². The van der Waals surface area contributed by atoms with Crippen molar-refractivity contribution in [3.8, 4) is 11.1 Å². The minimum atomic E-state index is -0.768. The van der Waals surface area contributed by atoms with E-state index < -0.39 is 29.2 Å². The number of aromatic nitrogens is 1. The molecule has 5 nitrogen and oxygen atoms in total. The number of fused-ring (bicyclic) bond motifs is 1. The molecule has 0 fully saturated rings. The Kier molecular flexibility index (Phi) is 8.48. The summed E-state index contributed by atoms with van der Waals surface area (Å²) >= 11 is 12.3. The first-order chi connectivity index (χ1) is 20.0. The second-order valence-electron chi connectivity index (χ2n) is 10.2. The number of anilines is 1. The first-order valence-electron chi connectivity index (χ1n) is 13.0. The van der Waals surface area contributed by atoms with Crippen molar-refractivity contribution >= 4 is 46.4 Å². The summed E-state index contributed by atoms with van der Waals surface area (Å²) in [7, 11) is 0. The van der Waals surface area contributed by atoms with Gasteiger partial charge in [-0.05, 0) is 72.5 Å². The van der Waals surface area contributed by atoms with E-state index in [-0.39, 0.29) is 48.1 Å². The Morgan fingerprint density at radius 3 is 2.40 bits per heavy atom. The fourth-order valence-corrected chi connectivity index (χ4v) is 5.62. The zero-order chi connectivity index (χ0) is 30.1.